The molecule has 1 N–H and O–H groups in total. The Balaban J connectivity index is 1.93. The largest absolute Gasteiger partial charge is 0.357 e. The molecule has 2 aromatic heterocycles. The van der Waals surface area contributed by atoms with E-state index in [9.17, 15) is 0 Å². The Morgan fingerprint density at radius 1 is 1.33 bits per heavy atom. The Hall–Kier alpha value is -0.580. The molecule has 0 atom stereocenters. The molecule has 5 heteroatoms. The third kappa shape index (κ3) is 2.93. The summed E-state index contributed by atoms with van der Waals surface area (Å²) in [5, 5.41) is 4.27. The van der Waals surface area contributed by atoms with E-state index < -0.39 is 0 Å². The third-order valence-corrected chi connectivity index (χ3v) is 4.28. The number of hydrogen-bond donors (Lipinski definition) is 1. The highest BCUT2D eigenvalue weighted by Crippen LogP contribution is 2.23. The number of thiazole rings is 1. The van der Waals surface area contributed by atoms with Crippen LogP contribution in [0.3, 0.4) is 0 Å². The van der Waals surface area contributed by atoms with Crippen LogP contribution in [0.2, 0.25) is 4.34 Å². The monoisotopic (exact) mass is 258 g/mol. The smallest absolute Gasteiger partial charge is 0.183 e. The van der Waals surface area contributed by atoms with E-state index in [1.807, 2.05) is 18.3 Å². The average molecular weight is 259 g/mol. The van der Waals surface area contributed by atoms with Crippen molar-refractivity contribution in [1.82, 2.24) is 4.98 Å². The van der Waals surface area contributed by atoms with Gasteiger partial charge in [-0.2, -0.15) is 0 Å². The van der Waals surface area contributed by atoms with Gasteiger partial charge in [0.05, 0.1) is 10.9 Å². The van der Waals surface area contributed by atoms with Crippen LogP contribution in [-0.2, 0) is 13.0 Å². The maximum Gasteiger partial charge on any atom is 0.183 e. The molecule has 0 aliphatic heterocycles. The summed E-state index contributed by atoms with van der Waals surface area (Å²) in [4.78, 5) is 6.82. The Bertz CT molecular complexity index is 436. The number of anilines is 1. The van der Waals surface area contributed by atoms with Gasteiger partial charge in [-0.05, 0) is 18.6 Å². The first-order valence-electron chi connectivity index (χ1n) is 4.70. The molecule has 80 valence electrons. The van der Waals surface area contributed by atoms with Crippen molar-refractivity contribution in [3.8, 4) is 0 Å². The topological polar surface area (TPSA) is 24.9 Å². The first-order valence-corrected chi connectivity index (χ1v) is 6.72. The summed E-state index contributed by atoms with van der Waals surface area (Å²) in [5.74, 6) is 0. The minimum Gasteiger partial charge on any atom is -0.357 e. The standard InChI is InChI=1S/C10H11ClN2S2/c1-2-7-5-12-10(15-7)13-6-8-3-4-9(11)14-8/h3-5H,2,6H2,1H3,(H,12,13). The molecule has 0 saturated carbocycles. The molecular formula is C10H11ClN2S2. The summed E-state index contributed by atoms with van der Waals surface area (Å²) in [6, 6.07) is 3.96. The van der Waals surface area contributed by atoms with E-state index in [4.69, 9.17) is 11.6 Å². The number of rotatable bonds is 4. The summed E-state index contributed by atoms with van der Waals surface area (Å²) in [5.41, 5.74) is 0. The van der Waals surface area contributed by atoms with Gasteiger partial charge in [-0.3, -0.25) is 0 Å². The normalized spacial score (nSPS) is 10.5. The van der Waals surface area contributed by atoms with Gasteiger partial charge in [0.2, 0.25) is 0 Å². The SMILES string of the molecule is CCc1cnc(NCc2ccc(Cl)s2)s1. The van der Waals surface area contributed by atoms with Gasteiger partial charge in [0, 0.05) is 16.0 Å². The second-order valence-corrected chi connectivity index (χ2v) is 5.96. The molecule has 2 nitrogen and oxygen atoms in total. The quantitative estimate of drug-likeness (QED) is 0.896. The van der Waals surface area contributed by atoms with Crippen LogP contribution >= 0.6 is 34.3 Å². The molecule has 0 radical (unpaired) electrons. The van der Waals surface area contributed by atoms with Crippen molar-refractivity contribution >= 4 is 39.4 Å². The molecule has 0 aromatic carbocycles. The lowest BCUT2D eigenvalue weighted by Crippen LogP contribution is -1.95. The van der Waals surface area contributed by atoms with Crippen molar-refractivity contribution in [1.29, 1.82) is 0 Å². The number of aryl methyl sites for hydroxylation is 1. The average Bonchev–Trinajstić information content (AvgIpc) is 2.83. The van der Waals surface area contributed by atoms with Gasteiger partial charge in [-0.15, -0.1) is 22.7 Å². The van der Waals surface area contributed by atoms with E-state index >= 15 is 0 Å². The van der Waals surface area contributed by atoms with Crippen molar-refractivity contribution in [3.63, 3.8) is 0 Å². The highest BCUT2D eigenvalue weighted by atomic mass is 35.5. The number of nitrogens with zero attached hydrogens (tertiary/aromatic N) is 1. The molecule has 0 amide bonds. The lowest BCUT2D eigenvalue weighted by molar-refractivity contribution is 1.15. The van der Waals surface area contributed by atoms with Crippen LogP contribution in [0, 0.1) is 0 Å². The Labute approximate surface area is 102 Å². The number of nitrogens with one attached hydrogen (secondary N) is 1. The van der Waals surface area contributed by atoms with Crippen LogP contribution in [0.15, 0.2) is 18.3 Å². The van der Waals surface area contributed by atoms with Crippen molar-refractivity contribution in [3.05, 3.63) is 32.4 Å². The fraction of sp³-hybridized carbons (Fsp3) is 0.300. The third-order valence-electron chi connectivity index (χ3n) is 1.94. The van der Waals surface area contributed by atoms with Crippen molar-refractivity contribution in [2.24, 2.45) is 0 Å². The first-order chi connectivity index (χ1) is 7.28. The van der Waals surface area contributed by atoms with E-state index in [2.05, 4.69) is 17.2 Å². The maximum atomic E-state index is 5.85. The van der Waals surface area contributed by atoms with Crippen LogP contribution in [0.1, 0.15) is 16.7 Å². The molecule has 0 unspecified atom stereocenters. The Kier molecular flexibility index (Phi) is 3.61. The molecule has 2 aromatic rings. The molecule has 0 saturated heterocycles. The van der Waals surface area contributed by atoms with E-state index in [1.165, 1.54) is 9.75 Å². The summed E-state index contributed by atoms with van der Waals surface area (Å²) < 4.78 is 0.834. The lowest BCUT2D eigenvalue weighted by Gasteiger charge is -1.98. The number of halogens is 1. The van der Waals surface area contributed by atoms with E-state index in [0.717, 1.165) is 22.4 Å². The van der Waals surface area contributed by atoms with Crippen LogP contribution in [0.5, 0.6) is 0 Å². The van der Waals surface area contributed by atoms with Gasteiger partial charge in [0.25, 0.3) is 0 Å². The molecule has 0 aliphatic rings. The molecule has 2 rings (SSSR count). The summed E-state index contributed by atoms with van der Waals surface area (Å²) in [7, 11) is 0. The second kappa shape index (κ2) is 4.96. The molecule has 0 spiro atoms. The zero-order valence-electron chi connectivity index (χ0n) is 8.29. The Morgan fingerprint density at radius 3 is 2.80 bits per heavy atom. The predicted molar refractivity (Wildman–Crippen MR) is 68.1 cm³/mol. The molecule has 15 heavy (non-hydrogen) atoms. The van der Waals surface area contributed by atoms with Gasteiger partial charge in [-0.25, -0.2) is 4.98 Å². The second-order valence-electron chi connectivity index (χ2n) is 3.04. The van der Waals surface area contributed by atoms with Crippen LogP contribution in [-0.4, -0.2) is 4.98 Å². The van der Waals surface area contributed by atoms with Crippen molar-refractivity contribution in [2.45, 2.75) is 19.9 Å². The molecule has 0 bridgehead atoms. The van der Waals surface area contributed by atoms with Gasteiger partial charge < -0.3 is 5.32 Å². The van der Waals surface area contributed by atoms with Crippen LogP contribution < -0.4 is 5.32 Å². The Morgan fingerprint density at radius 2 is 2.20 bits per heavy atom. The first kappa shape index (κ1) is 10.9. The summed E-state index contributed by atoms with van der Waals surface area (Å²) >= 11 is 9.15. The highest BCUT2D eigenvalue weighted by Gasteiger charge is 2.01. The van der Waals surface area contributed by atoms with Gasteiger partial charge in [0.15, 0.2) is 5.13 Å². The maximum absolute atomic E-state index is 5.85. The van der Waals surface area contributed by atoms with Crippen molar-refractivity contribution in [2.75, 3.05) is 5.32 Å². The zero-order chi connectivity index (χ0) is 10.7. The molecule has 0 fully saturated rings. The van der Waals surface area contributed by atoms with Crippen LogP contribution in [0.4, 0.5) is 5.13 Å². The van der Waals surface area contributed by atoms with Crippen LogP contribution in [0.25, 0.3) is 0 Å². The van der Waals surface area contributed by atoms with Gasteiger partial charge >= 0.3 is 0 Å². The minimum atomic E-state index is 0.800. The fourth-order valence-corrected chi connectivity index (χ4v) is 2.94. The number of hydrogen-bond acceptors (Lipinski definition) is 4. The van der Waals surface area contributed by atoms with E-state index in [0.29, 0.717) is 0 Å². The van der Waals surface area contributed by atoms with Crippen molar-refractivity contribution < 1.29 is 0 Å². The molecule has 0 aliphatic carbocycles. The molecular weight excluding hydrogens is 248 g/mol. The zero-order valence-corrected chi connectivity index (χ0v) is 10.7. The van der Waals surface area contributed by atoms with Gasteiger partial charge in [-0.1, -0.05) is 18.5 Å². The lowest BCUT2D eigenvalue weighted by atomic mass is 10.4. The highest BCUT2D eigenvalue weighted by molar-refractivity contribution is 7.16. The summed E-state index contributed by atoms with van der Waals surface area (Å²) in [6.07, 6.45) is 2.97. The summed E-state index contributed by atoms with van der Waals surface area (Å²) in [6.45, 7) is 2.93. The molecule has 2 heterocycles. The predicted octanol–water partition coefficient (Wildman–Crippen LogP) is 4.03. The number of aromatic nitrogens is 1. The number of thiophene rings is 1. The minimum absolute atomic E-state index is 0.800. The van der Waals surface area contributed by atoms with E-state index in [-0.39, 0.29) is 0 Å². The fourth-order valence-electron chi connectivity index (χ4n) is 1.16. The van der Waals surface area contributed by atoms with E-state index in [1.54, 1.807) is 22.7 Å². The van der Waals surface area contributed by atoms with Gasteiger partial charge in [0.1, 0.15) is 0 Å².